The van der Waals surface area contributed by atoms with Crippen LogP contribution in [0.3, 0.4) is 0 Å². The third-order valence-electron chi connectivity index (χ3n) is 3.49. The van der Waals surface area contributed by atoms with E-state index in [1.165, 1.54) is 16.7 Å². The average Bonchev–Trinajstić information content (AvgIpc) is 2.49. The maximum absolute atomic E-state index is 4.14. The topological polar surface area (TPSA) is 12.0 Å². The molecule has 0 aliphatic heterocycles. The highest BCUT2D eigenvalue weighted by atomic mass is 14.9. The fourth-order valence-corrected chi connectivity index (χ4v) is 2.33. The molecule has 0 atom stereocenters. The second-order valence-electron chi connectivity index (χ2n) is 7.14. The van der Waals surface area contributed by atoms with Crippen molar-refractivity contribution in [2.24, 2.45) is 5.41 Å². The molecule has 0 bridgehead atoms. The minimum Gasteiger partial charge on any atom is -0.381 e. The predicted molar refractivity (Wildman–Crippen MR) is 105 cm³/mol. The molecule has 1 aromatic carbocycles. The third-order valence-corrected chi connectivity index (χ3v) is 3.49. The lowest BCUT2D eigenvalue weighted by Gasteiger charge is -2.15. The molecule has 0 amide bonds. The lowest BCUT2D eigenvalue weighted by atomic mass is 9.91. The van der Waals surface area contributed by atoms with Crippen molar-refractivity contribution in [2.45, 2.75) is 41.5 Å². The van der Waals surface area contributed by atoms with Crippen molar-refractivity contribution in [1.29, 1.82) is 0 Å². The van der Waals surface area contributed by atoms with Crippen molar-refractivity contribution < 1.29 is 0 Å². The van der Waals surface area contributed by atoms with E-state index in [0.29, 0.717) is 0 Å². The average molecular weight is 309 g/mol. The van der Waals surface area contributed by atoms with E-state index >= 15 is 0 Å². The summed E-state index contributed by atoms with van der Waals surface area (Å²) >= 11 is 0. The molecule has 0 radical (unpaired) electrons. The van der Waals surface area contributed by atoms with Crippen LogP contribution >= 0.6 is 0 Å². The Labute approximate surface area is 142 Å². The van der Waals surface area contributed by atoms with Crippen molar-refractivity contribution in [1.82, 2.24) is 5.32 Å². The first kappa shape index (κ1) is 19.0. The Morgan fingerprint density at radius 1 is 1.09 bits per heavy atom. The molecule has 0 heterocycles. The summed E-state index contributed by atoms with van der Waals surface area (Å²) in [6.45, 7) is 17.9. The van der Waals surface area contributed by atoms with Gasteiger partial charge in [0.2, 0.25) is 0 Å². The molecule has 0 saturated carbocycles. The second kappa shape index (κ2) is 8.57. The minimum absolute atomic E-state index is 0.199. The zero-order valence-electron chi connectivity index (χ0n) is 15.5. The number of rotatable bonds is 6. The van der Waals surface area contributed by atoms with Gasteiger partial charge in [0, 0.05) is 12.2 Å². The van der Waals surface area contributed by atoms with Crippen molar-refractivity contribution in [2.75, 3.05) is 6.54 Å². The van der Waals surface area contributed by atoms with Gasteiger partial charge in [0.1, 0.15) is 0 Å². The SMILES string of the molecule is C=C(NC/C(C)=C/C=C\C)c1ccc(/C(C)=C/C(C)(C)C)cc1. The Bertz CT molecular complexity index is 604. The number of benzene rings is 1. The van der Waals surface area contributed by atoms with Gasteiger partial charge in [0.15, 0.2) is 0 Å². The molecule has 1 N–H and O–H groups in total. The first-order valence-electron chi connectivity index (χ1n) is 8.24. The molecule has 1 aromatic rings. The van der Waals surface area contributed by atoms with Crippen LogP contribution in [0.15, 0.2) is 60.7 Å². The maximum atomic E-state index is 4.14. The van der Waals surface area contributed by atoms with E-state index in [0.717, 1.165) is 17.8 Å². The first-order chi connectivity index (χ1) is 10.7. The molecule has 1 nitrogen and oxygen atoms in total. The van der Waals surface area contributed by atoms with Crippen LogP contribution in [0.1, 0.15) is 52.7 Å². The van der Waals surface area contributed by atoms with Crippen LogP contribution in [0.5, 0.6) is 0 Å². The van der Waals surface area contributed by atoms with Crippen molar-refractivity contribution >= 4 is 11.3 Å². The fourth-order valence-electron chi connectivity index (χ4n) is 2.33. The predicted octanol–water partition coefficient (Wildman–Crippen LogP) is 6.22. The summed E-state index contributed by atoms with van der Waals surface area (Å²) in [5, 5.41) is 3.38. The van der Waals surface area contributed by atoms with Gasteiger partial charge >= 0.3 is 0 Å². The first-order valence-corrected chi connectivity index (χ1v) is 8.24. The summed E-state index contributed by atoms with van der Waals surface area (Å²) < 4.78 is 0. The molecule has 0 aliphatic rings. The highest BCUT2D eigenvalue weighted by molar-refractivity contribution is 5.68. The van der Waals surface area contributed by atoms with Crippen LogP contribution < -0.4 is 5.32 Å². The van der Waals surface area contributed by atoms with Crippen LogP contribution in [-0.4, -0.2) is 6.54 Å². The normalized spacial score (nSPS) is 13.5. The highest BCUT2D eigenvalue weighted by Gasteiger charge is 2.07. The molecule has 0 spiro atoms. The van der Waals surface area contributed by atoms with Gasteiger partial charge in [0.05, 0.1) is 0 Å². The maximum Gasteiger partial charge on any atom is 0.0360 e. The van der Waals surface area contributed by atoms with Crippen LogP contribution in [0.2, 0.25) is 0 Å². The van der Waals surface area contributed by atoms with Gasteiger partial charge in [-0.25, -0.2) is 0 Å². The Kier molecular flexibility index (Phi) is 7.09. The number of nitrogens with one attached hydrogen (secondary N) is 1. The Morgan fingerprint density at radius 3 is 2.17 bits per heavy atom. The van der Waals surface area contributed by atoms with Gasteiger partial charge in [-0.2, -0.15) is 0 Å². The van der Waals surface area contributed by atoms with E-state index in [1.807, 2.05) is 13.0 Å². The van der Waals surface area contributed by atoms with Gasteiger partial charge in [-0.05, 0) is 42.9 Å². The summed E-state index contributed by atoms with van der Waals surface area (Å²) in [5.41, 5.74) is 6.15. The highest BCUT2D eigenvalue weighted by Crippen LogP contribution is 2.24. The van der Waals surface area contributed by atoms with E-state index < -0.39 is 0 Å². The summed E-state index contributed by atoms with van der Waals surface area (Å²) in [4.78, 5) is 0. The van der Waals surface area contributed by atoms with Crippen LogP contribution in [0.25, 0.3) is 11.3 Å². The number of hydrogen-bond donors (Lipinski definition) is 1. The minimum atomic E-state index is 0.199. The Balaban J connectivity index is 2.73. The lowest BCUT2D eigenvalue weighted by Crippen LogP contribution is -2.13. The van der Waals surface area contributed by atoms with E-state index in [2.05, 4.69) is 89.0 Å². The molecule has 0 aromatic heterocycles. The summed E-state index contributed by atoms with van der Waals surface area (Å²) in [7, 11) is 0. The number of hydrogen-bond acceptors (Lipinski definition) is 1. The molecule has 0 aliphatic carbocycles. The zero-order valence-corrected chi connectivity index (χ0v) is 15.5. The lowest BCUT2D eigenvalue weighted by molar-refractivity contribution is 0.545. The number of allylic oxidation sites excluding steroid dienone is 5. The second-order valence-corrected chi connectivity index (χ2v) is 7.14. The molecular weight excluding hydrogens is 278 g/mol. The van der Waals surface area contributed by atoms with Crippen molar-refractivity contribution in [3.63, 3.8) is 0 Å². The van der Waals surface area contributed by atoms with Crippen LogP contribution in [0.4, 0.5) is 0 Å². The largest absolute Gasteiger partial charge is 0.381 e. The molecule has 0 unspecified atom stereocenters. The van der Waals surface area contributed by atoms with E-state index in [1.54, 1.807) is 0 Å². The molecule has 0 fully saturated rings. The molecule has 0 saturated heterocycles. The third kappa shape index (κ3) is 7.19. The molecule has 124 valence electrons. The Morgan fingerprint density at radius 2 is 1.65 bits per heavy atom. The van der Waals surface area contributed by atoms with Crippen LogP contribution in [-0.2, 0) is 0 Å². The van der Waals surface area contributed by atoms with Gasteiger partial charge in [-0.1, -0.05) is 81.5 Å². The van der Waals surface area contributed by atoms with Gasteiger partial charge < -0.3 is 5.32 Å². The summed E-state index contributed by atoms with van der Waals surface area (Å²) in [5.74, 6) is 0. The molecule has 1 heteroatoms. The monoisotopic (exact) mass is 309 g/mol. The van der Waals surface area contributed by atoms with Crippen LogP contribution in [0, 0.1) is 5.41 Å². The standard InChI is InChI=1S/C22H31N/c1-8-9-10-17(2)16-23-19(4)21-13-11-20(12-14-21)18(3)15-22(5,6)7/h8-15,23H,4,16H2,1-3,5-7H3/b9-8-,17-10+,18-15+. The summed E-state index contributed by atoms with van der Waals surface area (Å²) in [6, 6.07) is 8.61. The van der Waals surface area contributed by atoms with E-state index in [4.69, 9.17) is 0 Å². The fraction of sp³-hybridized carbons (Fsp3) is 0.364. The zero-order chi connectivity index (χ0) is 17.5. The van der Waals surface area contributed by atoms with E-state index in [-0.39, 0.29) is 5.41 Å². The smallest absolute Gasteiger partial charge is 0.0360 e. The van der Waals surface area contributed by atoms with Gasteiger partial charge in [-0.15, -0.1) is 0 Å². The molecule has 23 heavy (non-hydrogen) atoms. The summed E-state index contributed by atoms with van der Waals surface area (Å²) in [6.07, 6.45) is 8.51. The Hall–Kier alpha value is -2.02. The van der Waals surface area contributed by atoms with Crippen molar-refractivity contribution in [3.05, 3.63) is 71.8 Å². The van der Waals surface area contributed by atoms with Gasteiger partial charge in [-0.3, -0.25) is 0 Å². The molecule has 1 rings (SSSR count). The quantitative estimate of drug-likeness (QED) is 0.615. The molecular formula is C22H31N. The van der Waals surface area contributed by atoms with E-state index in [9.17, 15) is 0 Å². The van der Waals surface area contributed by atoms with Crippen molar-refractivity contribution in [3.8, 4) is 0 Å². The van der Waals surface area contributed by atoms with Gasteiger partial charge in [0.25, 0.3) is 0 Å².